The van der Waals surface area contributed by atoms with Crippen LogP contribution < -0.4 is 0 Å². The number of ketones is 1. The second-order valence-electron chi connectivity index (χ2n) is 9.39. The van der Waals surface area contributed by atoms with Gasteiger partial charge in [0.1, 0.15) is 0 Å². The third-order valence-electron chi connectivity index (χ3n) is 8.76. The van der Waals surface area contributed by atoms with Crippen molar-refractivity contribution in [3.05, 3.63) is 11.6 Å². The highest BCUT2D eigenvalue weighted by Crippen LogP contribution is 2.76. The quantitative estimate of drug-likeness (QED) is 0.666. The predicted molar refractivity (Wildman–Crippen MR) is 88.1 cm³/mol. The number of allylic oxidation sites excluding steroid dienone is 1. The van der Waals surface area contributed by atoms with Gasteiger partial charge in [-0.1, -0.05) is 19.4 Å². The van der Waals surface area contributed by atoms with Crippen LogP contribution in [0.3, 0.4) is 0 Å². The van der Waals surface area contributed by atoms with Crippen LogP contribution >= 0.6 is 0 Å². The molecule has 0 aromatic carbocycles. The van der Waals surface area contributed by atoms with Gasteiger partial charge in [0.2, 0.25) is 0 Å². The molecular formula is C21H27NO. The zero-order valence-electron chi connectivity index (χ0n) is 14.3. The minimum absolute atomic E-state index is 0.281. The molecule has 0 saturated heterocycles. The lowest BCUT2D eigenvalue weighted by atomic mass is 9.49. The summed E-state index contributed by atoms with van der Waals surface area (Å²) in [5.41, 5.74) is 1.75. The summed E-state index contributed by atoms with van der Waals surface area (Å²) in [5.74, 6) is 6.05. The van der Waals surface area contributed by atoms with Crippen molar-refractivity contribution in [1.82, 2.24) is 0 Å². The van der Waals surface area contributed by atoms with E-state index >= 15 is 0 Å². The van der Waals surface area contributed by atoms with Crippen LogP contribution in [-0.2, 0) is 4.79 Å². The van der Waals surface area contributed by atoms with Gasteiger partial charge in [-0.3, -0.25) is 4.79 Å². The molecule has 0 aromatic rings. The van der Waals surface area contributed by atoms with Crippen LogP contribution in [0.4, 0.5) is 0 Å². The van der Waals surface area contributed by atoms with E-state index in [9.17, 15) is 10.1 Å². The SMILES string of the molecule is CC1C2C1C1C3CCC4=CC(=O)CCC4C3CCC1(C)C2C#N. The smallest absolute Gasteiger partial charge is 0.155 e. The van der Waals surface area contributed by atoms with E-state index in [-0.39, 0.29) is 5.41 Å². The molecule has 0 radical (unpaired) electrons. The highest BCUT2D eigenvalue weighted by Gasteiger charge is 2.72. The van der Waals surface area contributed by atoms with E-state index in [1.807, 2.05) is 6.08 Å². The minimum atomic E-state index is 0.281. The van der Waals surface area contributed by atoms with Crippen LogP contribution in [-0.4, -0.2) is 5.78 Å². The van der Waals surface area contributed by atoms with Gasteiger partial charge in [0.25, 0.3) is 0 Å². The largest absolute Gasteiger partial charge is 0.295 e. The zero-order chi connectivity index (χ0) is 15.9. The van der Waals surface area contributed by atoms with Crippen molar-refractivity contribution in [2.75, 3.05) is 0 Å². The van der Waals surface area contributed by atoms with E-state index in [2.05, 4.69) is 19.9 Å². The number of carbonyl (C=O) groups excluding carboxylic acids is 1. The molecule has 23 heavy (non-hydrogen) atoms. The van der Waals surface area contributed by atoms with Gasteiger partial charge in [-0.2, -0.15) is 5.26 Å². The first-order chi connectivity index (χ1) is 11.1. The molecule has 5 aliphatic carbocycles. The summed E-state index contributed by atoms with van der Waals surface area (Å²) >= 11 is 0. The molecule has 0 amide bonds. The molecule has 9 unspecified atom stereocenters. The van der Waals surface area contributed by atoms with Crippen molar-refractivity contribution in [2.24, 2.45) is 52.8 Å². The Morgan fingerprint density at radius 2 is 2.00 bits per heavy atom. The second-order valence-corrected chi connectivity index (χ2v) is 9.39. The Balaban J connectivity index is 1.50. The van der Waals surface area contributed by atoms with Crippen LogP contribution in [0.25, 0.3) is 0 Å². The number of hydrogen-bond donors (Lipinski definition) is 0. The van der Waals surface area contributed by atoms with Crippen LogP contribution in [0, 0.1) is 64.1 Å². The Hall–Kier alpha value is -1.10. The molecule has 9 atom stereocenters. The average molecular weight is 309 g/mol. The number of fused-ring (bicyclic) bond motifs is 7. The van der Waals surface area contributed by atoms with Crippen molar-refractivity contribution in [3.8, 4) is 6.07 Å². The molecule has 0 N–H and O–H groups in total. The van der Waals surface area contributed by atoms with E-state index in [4.69, 9.17) is 0 Å². The molecule has 0 spiro atoms. The van der Waals surface area contributed by atoms with Crippen molar-refractivity contribution in [1.29, 1.82) is 5.26 Å². The molecule has 2 heteroatoms. The molecule has 2 nitrogen and oxygen atoms in total. The van der Waals surface area contributed by atoms with E-state index in [1.165, 1.54) is 24.8 Å². The van der Waals surface area contributed by atoms with Gasteiger partial charge in [-0.05, 0) is 85.0 Å². The molecule has 0 bridgehead atoms. The molecule has 4 saturated carbocycles. The van der Waals surface area contributed by atoms with Crippen molar-refractivity contribution < 1.29 is 4.79 Å². The summed E-state index contributed by atoms with van der Waals surface area (Å²) in [6, 6.07) is 2.73. The fraction of sp³-hybridized carbons (Fsp3) is 0.810. The van der Waals surface area contributed by atoms with Gasteiger partial charge in [-0.25, -0.2) is 0 Å². The Bertz CT molecular complexity index is 643. The van der Waals surface area contributed by atoms with Gasteiger partial charge < -0.3 is 0 Å². The molecule has 122 valence electrons. The molecular weight excluding hydrogens is 282 g/mol. The van der Waals surface area contributed by atoms with Crippen molar-refractivity contribution in [3.63, 3.8) is 0 Å². The fourth-order valence-electron chi connectivity index (χ4n) is 7.84. The first-order valence-electron chi connectivity index (χ1n) is 9.69. The zero-order valence-corrected chi connectivity index (χ0v) is 14.3. The molecule has 4 fully saturated rings. The Morgan fingerprint density at radius 3 is 2.78 bits per heavy atom. The van der Waals surface area contributed by atoms with Gasteiger partial charge in [0, 0.05) is 6.42 Å². The lowest BCUT2D eigenvalue weighted by molar-refractivity contribution is -0.116. The normalized spacial score (nSPS) is 56.6. The standard InChI is InChI=1S/C21H27NO/c1-11-18-17(10-22)21(2)8-7-15-14-6-4-13(23)9-12(14)3-5-16(15)20(21)19(11)18/h9,11,14-20H,3-8H2,1-2H3. The van der Waals surface area contributed by atoms with E-state index < -0.39 is 0 Å². The highest BCUT2D eigenvalue weighted by atomic mass is 16.1. The second kappa shape index (κ2) is 4.50. The number of nitriles is 1. The molecule has 0 heterocycles. The van der Waals surface area contributed by atoms with Gasteiger partial charge >= 0.3 is 0 Å². The first-order valence-corrected chi connectivity index (χ1v) is 9.69. The third kappa shape index (κ3) is 1.67. The summed E-state index contributed by atoms with van der Waals surface area (Å²) in [6.45, 7) is 4.83. The molecule has 5 rings (SSSR count). The molecule has 0 aliphatic heterocycles. The highest BCUT2D eigenvalue weighted by molar-refractivity contribution is 5.91. The van der Waals surface area contributed by atoms with E-state index in [0.29, 0.717) is 23.5 Å². The number of hydrogen-bond acceptors (Lipinski definition) is 2. The third-order valence-corrected chi connectivity index (χ3v) is 8.76. The monoisotopic (exact) mass is 309 g/mol. The Labute approximate surface area is 139 Å². The van der Waals surface area contributed by atoms with Crippen molar-refractivity contribution in [2.45, 2.75) is 52.4 Å². The van der Waals surface area contributed by atoms with Crippen molar-refractivity contribution >= 4 is 5.78 Å². The summed E-state index contributed by atoms with van der Waals surface area (Å²) < 4.78 is 0. The summed E-state index contributed by atoms with van der Waals surface area (Å²) in [4.78, 5) is 11.8. The Morgan fingerprint density at radius 1 is 1.17 bits per heavy atom. The van der Waals surface area contributed by atoms with Crippen LogP contribution in [0.2, 0.25) is 0 Å². The van der Waals surface area contributed by atoms with Gasteiger partial charge in [0.15, 0.2) is 5.78 Å². The van der Waals surface area contributed by atoms with Crippen LogP contribution in [0.5, 0.6) is 0 Å². The van der Waals surface area contributed by atoms with E-state index in [0.717, 1.165) is 48.9 Å². The van der Waals surface area contributed by atoms with Crippen LogP contribution in [0.15, 0.2) is 11.6 Å². The topological polar surface area (TPSA) is 40.9 Å². The van der Waals surface area contributed by atoms with Gasteiger partial charge in [-0.15, -0.1) is 0 Å². The maximum atomic E-state index is 11.8. The summed E-state index contributed by atoms with van der Waals surface area (Å²) in [6.07, 6.45) is 8.81. The maximum absolute atomic E-state index is 11.8. The maximum Gasteiger partial charge on any atom is 0.155 e. The minimum Gasteiger partial charge on any atom is -0.295 e. The lowest BCUT2D eigenvalue weighted by Crippen LogP contribution is -2.48. The van der Waals surface area contributed by atoms with Gasteiger partial charge in [0.05, 0.1) is 12.0 Å². The van der Waals surface area contributed by atoms with E-state index in [1.54, 1.807) is 0 Å². The summed E-state index contributed by atoms with van der Waals surface area (Å²) in [5, 5.41) is 9.80. The number of nitrogens with zero attached hydrogens (tertiary/aromatic N) is 1. The van der Waals surface area contributed by atoms with Crippen LogP contribution in [0.1, 0.15) is 52.4 Å². The lowest BCUT2D eigenvalue weighted by Gasteiger charge is -2.54. The number of rotatable bonds is 0. The fourth-order valence-corrected chi connectivity index (χ4v) is 7.84. The molecule has 5 aliphatic rings. The first kappa shape index (κ1) is 14.3. The number of carbonyl (C=O) groups is 1. The Kier molecular flexibility index (Phi) is 2.79. The average Bonchev–Trinajstić information content (AvgIpc) is 3.06. The molecule has 0 aromatic heterocycles. The summed E-state index contributed by atoms with van der Waals surface area (Å²) in [7, 11) is 0. The predicted octanol–water partition coefficient (Wildman–Crippen LogP) is 4.37.